The van der Waals surface area contributed by atoms with Gasteiger partial charge in [-0.1, -0.05) is 42.8 Å². The highest BCUT2D eigenvalue weighted by Gasteiger charge is 2.09. The maximum absolute atomic E-state index is 11.9. The summed E-state index contributed by atoms with van der Waals surface area (Å²) < 4.78 is 11.1. The van der Waals surface area contributed by atoms with E-state index in [1.807, 2.05) is 25.1 Å². The topological polar surface area (TPSA) is 47.6 Å². The van der Waals surface area contributed by atoms with E-state index in [0.717, 1.165) is 6.42 Å². The van der Waals surface area contributed by atoms with Gasteiger partial charge in [-0.2, -0.15) is 0 Å². The lowest BCUT2D eigenvalue weighted by atomic mass is 10.3. The Balaban J connectivity index is 1.92. The van der Waals surface area contributed by atoms with Crippen molar-refractivity contribution in [1.82, 2.24) is 0 Å². The molecular formula is C17H18ClNO3. The van der Waals surface area contributed by atoms with Gasteiger partial charge in [0.15, 0.2) is 18.1 Å². The van der Waals surface area contributed by atoms with E-state index in [9.17, 15) is 4.79 Å². The molecule has 0 unspecified atom stereocenters. The van der Waals surface area contributed by atoms with Crippen molar-refractivity contribution in [2.24, 2.45) is 0 Å². The number of amides is 1. The minimum atomic E-state index is -0.279. The third kappa shape index (κ3) is 4.67. The summed E-state index contributed by atoms with van der Waals surface area (Å²) in [5, 5.41) is 3.19. The van der Waals surface area contributed by atoms with Gasteiger partial charge >= 0.3 is 0 Å². The van der Waals surface area contributed by atoms with E-state index in [-0.39, 0.29) is 12.5 Å². The van der Waals surface area contributed by atoms with Gasteiger partial charge in [-0.05, 0) is 30.7 Å². The first-order chi connectivity index (χ1) is 10.7. The molecule has 0 bridgehead atoms. The van der Waals surface area contributed by atoms with E-state index in [0.29, 0.717) is 28.8 Å². The van der Waals surface area contributed by atoms with E-state index >= 15 is 0 Å². The van der Waals surface area contributed by atoms with E-state index in [1.165, 1.54) is 0 Å². The molecule has 4 nitrogen and oxygen atoms in total. The van der Waals surface area contributed by atoms with Crippen LogP contribution in [0.25, 0.3) is 0 Å². The van der Waals surface area contributed by atoms with Crippen LogP contribution in [0.3, 0.4) is 0 Å². The summed E-state index contributed by atoms with van der Waals surface area (Å²) in [6, 6.07) is 14.3. The first-order valence-electron chi connectivity index (χ1n) is 7.09. The molecule has 0 radical (unpaired) electrons. The van der Waals surface area contributed by atoms with Crippen LogP contribution in [0.5, 0.6) is 11.5 Å². The SMILES string of the molecule is CCCOc1ccccc1OCC(=O)Nc1ccccc1Cl. The highest BCUT2D eigenvalue weighted by atomic mass is 35.5. The molecule has 0 aliphatic carbocycles. The molecule has 1 N–H and O–H groups in total. The highest BCUT2D eigenvalue weighted by Crippen LogP contribution is 2.26. The van der Waals surface area contributed by atoms with E-state index in [1.54, 1.807) is 30.3 Å². The normalized spacial score (nSPS) is 10.1. The van der Waals surface area contributed by atoms with Crippen molar-refractivity contribution < 1.29 is 14.3 Å². The Morgan fingerprint density at radius 1 is 1.05 bits per heavy atom. The molecule has 116 valence electrons. The Kier molecular flexibility index (Phi) is 6.10. The van der Waals surface area contributed by atoms with Crippen LogP contribution in [0.4, 0.5) is 5.69 Å². The van der Waals surface area contributed by atoms with Gasteiger partial charge in [0.1, 0.15) is 0 Å². The third-order valence-corrected chi connectivity index (χ3v) is 3.15. The number of hydrogen-bond donors (Lipinski definition) is 1. The second-order valence-corrected chi connectivity index (χ2v) is 5.02. The van der Waals surface area contributed by atoms with Gasteiger partial charge in [-0.3, -0.25) is 4.79 Å². The lowest BCUT2D eigenvalue weighted by Crippen LogP contribution is -2.20. The number of para-hydroxylation sites is 3. The largest absolute Gasteiger partial charge is 0.490 e. The maximum Gasteiger partial charge on any atom is 0.262 e. The molecule has 1 amide bonds. The van der Waals surface area contributed by atoms with E-state index < -0.39 is 0 Å². The van der Waals surface area contributed by atoms with Crippen molar-refractivity contribution in [2.75, 3.05) is 18.5 Å². The molecule has 0 heterocycles. The minimum absolute atomic E-state index is 0.113. The zero-order valence-corrected chi connectivity index (χ0v) is 13.1. The monoisotopic (exact) mass is 319 g/mol. The molecule has 22 heavy (non-hydrogen) atoms. The molecule has 0 spiro atoms. The lowest BCUT2D eigenvalue weighted by molar-refractivity contribution is -0.118. The Hall–Kier alpha value is -2.20. The van der Waals surface area contributed by atoms with Crippen LogP contribution in [0, 0.1) is 0 Å². The first-order valence-corrected chi connectivity index (χ1v) is 7.47. The second kappa shape index (κ2) is 8.29. The van der Waals surface area contributed by atoms with Crippen LogP contribution in [0.2, 0.25) is 5.02 Å². The fourth-order valence-electron chi connectivity index (χ4n) is 1.79. The number of halogens is 1. The molecule has 0 aromatic heterocycles. The smallest absolute Gasteiger partial charge is 0.262 e. The summed E-state index contributed by atoms with van der Waals surface area (Å²) in [6.45, 7) is 2.52. The fraction of sp³-hybridized carbons (Fsp3) is 0.235. The minimum Gasteiger partial charge on any atom is -0.490 e. The highest BCUT2D eigenvalue weighted by molar-refractivity contribution is 6.33. The zero-order chi connectivity index (χ0) is 15.8. The maximum atomic E-state index is 11.9. The van der Waals surface area contributed by atoms with Crippen molar-refractivity contribution in [3.63, 3.8) is 0 Å². The predicted molar refractivity (Wildman–Crippen MR) is 87.8 cm³/mol. The standard InChI is InChI=1S/C17H18ClNO3/c1-2-11-21-15-9-5-6-10-16(15)22-12-17(20)19-14-8-4-3-7-13(14)18/h3-10H,2,11-12H2,1H3,(H,19,20). The van der Waals surface area contributed by atoms with Crippen LogP contribution in [-0.2, 0) is 4.79 Å². The van der Waals surface area contributed by atoms with Crippen molar-refractivity contribution in [3.05, 3.63) is 53.6 Å². The summed E-state index contributed by atoms with van der Waals surface area (Å²) in [6.07, 6.45) is 0.904. The molecule has 0 saturated carbocycles. The van der Waals surface area contributed by atoms with Gasteiger partial charge in [0.25, 0.3) is 5.91 Å². The molecule has 0 atom stereocenters. The third-order valence-electron chi connectivity index (χ3n) is 2.82. The van der Waals surface area contributed by atoms with Crippen molar-refractivity contribution in [2.45, 2.75) is 13.3 Å². The van der Waals surface area contributed by atoms with E-state index in [4.69, 9.17) is 21.1 Å². The average Bonchev–Trinajstić information content (AvgIpc) is 2.54. The number of carbonyl (C=O) groups excluding carboxylic acids is 1. The summed E-state index contributed by atoms with van der Waals surface area (Å²) in [5.74, 6) is 0.901. The predicted octanol–water partition coefficient (Wildman–Crippen LogP) is 4.15. The molecule has 0 saturated heterocycles. The average molecular weight is 320 g/mol. The van der Waals surface area contributed by atoms with Crippen LogP contribution in [0.15, 0.2) is 48.5 Å². The number of carbonyl (C=O) groups is 1. The van der Waals surface area contributed by atoms with Gasteiger partial charge < -0.3 is 14.8 Å². The Morgan fingerprint density at radius 3 is 2.36 bits per heavy atom. The summed E-state index contributed by atoms with van der Waals surface area (Å²) >= 11 is 5.99. The molecule has 5 heteroatoms. The summed E-state index contributed by atoms with van der Waals surface area (Å²) in [4.78, 5) is 11.9. The lowest BCUT2D eigenvalue weighted by Gasteiger charge is -2.12. The van der Waals surface area contributed by atoms with Gasteiger partial charge in [-0.15, -0.1) is 0 Å². The van der Waals surface area contributed by atoms with Crippen molar-refractivity contribution in [3.8, 4) is 11.5 Å². The fourth-order valence-corrected chi connectivity index (χ4v) is 1.98. The van der Waals surface area contributed by atoms with Gasteiger partial charge in [-0.25, -0.2) is 0 Å². The Morgan fingerprint density at radius 2 is 1.68 bits per heavy atom. The van der Waals surface area contributed by atoms with Crippen LogP contribution >= 0.6 is 11.6 Å². The number of ether oxygens (including phenoxy) is 2. The number of nitrogens with one attached hydrogen (secondary N) is 1. The van der Waals surface area contributed by atoms with Gasteiger partial charge in [0.05, 0.1) is 17.3 Å². The molecule has 0 aliphatic heterocycles. The first kappa shape index (κ1) is 16.2. The van der Waals surface area contributed by atoms with Crippen LogP contribution in [0.1, 0.15) is 13.3 Å². The molecular weight excluding hydrogens is 302 g/mol. The van der Waals surface area contributed by atoms with E-state index in [2.05, 4.69) is 5.32 Å². The zero-order valence-electron chi connectivity index (χ0n) is 12.3. The Bertz CT molecular complexity index is 631. The van der Waals surface area contributed by atoms with Crippen molar-refractivity contribution in [1.29, 1.82) is 0 Å². The summed E-state index contributed by atoms with van der Waals surface area (Å²) in [7, 11) is 0. The molecule has 0 fully saturated rings. The van der Waals surface area contributed by atoms with Crippen LogP contribution < -0.4 is 14.8 Å². The number of rotatable bonds is 7. The van der Waals surface area contributed by atoms with Gasteiger partial charge in [0.2, 0.25) is 0 Å². The quantitative estimate of drug-likeness (QED) is 0.834. The molecule has 2 rings (SSSR count). The Labute approximate surface area is 135 Å². The number of anilines is 1. The van der Waals surface area contributed by atoms with Crippen molar-refractivity contribution >= 4 is 23.2 Å². The van der Waals surface area contributed by atoms with Gasteiger partial charge in [0, 0.05) is 0 Å². The number of hydrogen-bond acceptors (Lipinski definition) is 3. The molecule has 0 aliphatic rings. The van der Waals surface area contributed by atoms with Crippen LogP contribution in [-0.4, -0.2) is 19.1 Å². The second-order valence-electron chi connectivity index (χ2n) is 4.61. The number of benzene rings is 2. The molecule has 2 aromatic rings. The summed E-state index contributed by atoms with van der Waals surface area (Å²) in [5.41, 5.74) is 0.563. The molecule has 2 aromatic carbocycles.